The Morgan fingerprint density at radius 3 is 2.88 bits per heavy atom. The number of ketones is 1. The van der Waals surface area contributed by atoms with Crippen LogP contribution in [0.25, 0.3) is 0 Å². The second kappa shape index (κ2) is 2.59. The topological polar surface area (TPSA) is 26.3 Å². The van der Waals surface area contributed by atoms with E-state index in [0.717, 1.165) is 0 Å². The Balaban J connectivity index is 2.46. The van der Waals surface area contributed by atoms with Crippen LogP contribution in [0, 0.1) is 0 Å². The van der Waals surface area contributed by atoms with Gasteiger partial charge in [-0.2, -0.15) is 0 Å². The molecule has 0 heterocycles. The maximum absolute atomic E-state index is 10.4. The van der Waals surface area contributed by atoms with Crippen molar-refractivity contribution in [2.45, 2.75) is 12.5 Å². The predicted octanol–water partition coefficient (Wildman–Crippen LogP) is 1.25. The first kappa shape index (κ1) is 6.22. The monoisotopic (exact) mass is 224 g/mol. The summed E-state index contributed by atoms with van der Waals surface area (Å²) in [7, 11) is 0. The lowest BCUT2D eigenvalue weighted by atomic mass is 10.3. The van der Waals surface area contributed by atoms with Crippen molar-refractivity contribution in [3.63, 3.8) is 0 Å². The second-order valence-electron chi connectivity index (χ2n) is 1.66. The molecule has 0 saturated heterocycles. The number of carbonyl (C=O) groups excluding carboxylic acids is 1. The Kier molecular flexibility index (Phi) is 2.01. The average Bonchev–Trinajstić information content (AvgIpc) is 2.14. The summed E-state index contributed by atoms with van der Waals surface area (Å²) in [6, 6.07) is 0. The van der Waals surface area contributed by atoms with Gasteiger partial charge in [-0.25, -0.2) is 0 Å². The fourth-order valence-electron chi connectivity index (χ4n) is 0.610. The Morgan fingerprint density at radius 2 is 2.62 bits per heavy atom. The quantitative estimate of drug-likeness (QED) is 0.626. The standard InChI is InChI=1S/C5H5IO2/c6-8-5-2-1-4(7)3-5/h1-2,5H,3H2. The van der Waals surface area contributed by atoms with Crippen LogP contribution in [0.3, 0.4) is 0 Å². The molecule has 44 valence electrons. The smallest absolute Gasteiger partial charge is 0.158 e. The summed E-state index contributed by atoms with van der Waals surface area (Å²) < 4.78 is 4.84. The van der Waals surface area contributed by atoms with Crippen molar-refractivity contribution in [3.05, 3.63) is 12.2 Å². The number of carbonyl (C=O) groups is 1. The zero-order valence-corrected chi connectivity index (χ0v) is 6.29. The van der Waals surface area contributed by atoms with E-state index in [1.807, 2.05) is 0 Å². The van der Waals surface area contributed by atoms with Crippen LogP contribution in [0.2, 0.25) is 0 Å². The number of hydrogen-bond acceptors (Lipinski definition) is 2. The molecular weight excluding hydrogens is 219 g/mol. The van der Waals surface area contributed by atoms with E-state index >= 15 is 0 Å². The fourth-order valence-corrected chi connectivity index (χ4v) is 0.960. The highest BCUT2D eigenvalue weighted by Gasteiger charge is 2.14. The highest BCUT2D eigenvalue weighted by molar-refractivity contribution is 14.1. The fraction of sp³-hybridized carbons (Fsp3) is 0.400. The Hall–Kier alpha value is 0.1000. The maximum atomic E-state index is 10.4. The molecule has 3 heteroatoms. The van der Waals surface area contributed by atoms with Gasteiger partial charge in [-0.15, -0.1) is 0 Å². The third kappa shape index (κ3) is 1.29. The van der Waals surface area contributed by atoms with E-state index in [9.17, 15) is 4.79 Å². The van der Waals surface area contributed by atoms with Gasteiger partial charge in [-0.05, 0) is 6.08 Å². The molecule has 0 saturated carbocycles. The van der Waals surface area contributed by atoms with E-state index < -0.39 is 0 Å². The molecule has 1 atom stereocenters. The molecule has 0 spiro atoms. The minimum Gasteiger partial charge on any atom is -0.308 e. The van der Waals surface area contributed by atoms with E-state index in [0.29, 0.717) is 6.42 Å². The molecule has 1 unspecified atom stereocenters. The lowest BCUT2D eigenvalue weighted by Gasteiger charge is -1.96. The van der Waals surface area contributed by atoms with Crippen molar-refractivity contribution in [2.75, 3.05) is 0 Å². The molecule has 0 amide bonds. The number of rotatable bonds is 1. The zero-order valence-electron chi connectivity index (χ0n) is 4.13. The number of halogens is 1. The van der Waals surface area contributed by atoms with E-state index in [1.165, 1.54) is 0 Å². The minimum atomic E-state index is 0.0306. The van der Waals surface area contributed by atoms with Crippen LogP contribution >= 0.6 is 23.0 Å². The van der Waals surface area contributed by atoms with Crippen LogP contribution in [-0.2, 0) is 7.86 Å². The maximum Gasteiger partial charge on any atom is 0.158 e. The van der Waals surface area contributed by atoms with E-state index in [2.05, 4.69) is 0 Å². The molecule has 2 nitrogen and oxygen atoms in total. The van der Waals surface area contributed by atoms with Gasteiger partial charge in [0.25, 0.3) is 0 Å². The SMILES string of the molecule is O=C1C=CC(OI)C1. The van der Waals surface area contributed by atoms with Gasteiger partial charge in [-0.1, -0.05) is 6.08 Å². The van der Waals surface area contributed by atoms with E-state index in [4.69, 9.17) is 3.07 Å². The Bertz CT molecular complexity index is 130. The normalized spacial score (nSPS) is 27.1. The zero-order chi connectivity index (χ0) is 5.98. The summed E-state index contributed by atoms with van der Waals surface area (Å²) in [5, 5.41) is 0. The van der Waals surface area contributed by atoms with E-state index in [-0.39, 0.29) is 11.9 Å². The lowest BCUT2D eigenvalue weighted by molar-refractivity contribution is -0.114. The van der Waals surface area contributed by atoms with Crippen molar-refractivity contribution in [2.24, 2.45) is 0 Å². The van der Waals surface area contributed by atoms with Crippen molar-refractivity contribution in [1.29, 1.82) is 0 Å². The third-order valence-corrected chi connectivity index (χ3v) is 1.67. The molecule has 0 N–H and O–H groups in total. The Morgan fingerprint density at radius 1 is 1.88 bits per heavy atom. The van der Waals surface area contributed by atoms with Crippen molar-refractivity contribution in [1.82, 2.24) is 0 Å². The highest BCUT2D eigenvalue weighted by Crippen LogP contribution is 2.11. The molecule has 1 aliphatic carbocycles. The van der Waals surface area contributed by atoms with Crippen LogP contribution in [0.1, 0.15) is 6.42 Å². The number of allylic oxidation sites excluding steroid dienone is 1. The first-order valence-corrected chi connectivity index (χ1v) is 3.19. The van der Waals surface area contributed by atoms with Crippen LogP contribution in [0.5, 0.6) is 0 Å². The molecule has 1 aliphatic rings. The molecule has 0 bridgehead atoms. The summed E-state index contributed by atoms with van der Waals surface area (Å²) in [6.07, 6.45) is 3.88. The molecule has 0 aromatic rings. The summed E-state index contributed by atoms with van der Waals surface area (Å²) in [6.45, 7) is 0. The van der Waals surface area contributed by atoms with Gasteiger partial charge in [0.2, 0.25) is 0 Å². The summed E-state index contributed by atoms with van der Waals surface area (Å²) in [5.41, 5.74) is 0. The van der Waals surface area contributed by atoms with Crippen LogP contribution in [0.4, 0.5) is 0 Å². The third-order valence-electron chi connectivity index (χ3n) is 1.01. The first-order valence-electron chi connectivity index (χ1n) is 2.31. The molecule has 0 aromatic heterocycles. The van der Waals surface area contributed by atoms with Gasteiger partial charge < -0.3 is 3.07 Å². The second-order valence-corrected chi connectivity index (χ2v) is 2.17. The van der Waals surface area contributed by atoms with Crippen molar-refractivity contribution in [3.8, 4) is 0 Å². The molecule has 0 radical (unpaired) electrons. The largest absolute Gasteiger partial charge is 0.308 e. The number of hydrogen-bond donors (Lipinski definition) is 0. The van der Waals surface area contributed by atoms with Crippen molar-refractivity contribution < 1.29 is 7.86 Å². The van der Waals surface area contributed by atoms with Gasteiger partial charge in [0, 0.05) is 6.42 Å². The van der Waals surface area contributed by atoms with Gasteiger partial charge >= 0.3 is 0 Å². The molecule has 0 aromatic carbocycles. The van der Waals surface area contributed by atoms with Gasteiger partial charge in [0.05, 0.1) is 6.10 Å². The molecular formula is C5H5IO2. The van der Waals surface area contributed by atoms with Crippen LogP contribution < -0.4 is 0 Å². The Labute approximate surface area is 61.6 Å². The minimum absolute atomic E-state index is 0.0306. The molecule has 8 heavy (non-hydrogen) atoms. The van der Waals surface area contributed by atoms with Gasteiger partial charge in [0.15, 0.2) is 5.78 Å². The summed E-state index contributed by atoms with van der Waals surface area (Å²) >= 11 is 1.80. The summed E-state index contributed by atoms with van der Waals surface area (Å²) in [4.78, 5) is 10.4. The predicted molar refractivity (Wildman–Crippen MR) is 37.7 cm³/mol. The molecule has 1 rings (SSSR count). The first-order chi connectivity index (χ1) is 3.83. The molecule has 0 fully saturated rings. The lowest BCUT2D eigenvalue weighted by Crippen LogP contribution is -2.00. The van der Waals surface area contributed by atoms with E-state index in [1.54, 1.807) is 35.2 Å². The average molecular weight is 224 g/mol. The van der Waals surface area contributed by atoms with Gasteiger partial charge in [-0.3, -0.25) is 4.79 Å². The van der Waals surface area contributed by atoms with Crippen LogP contribution in [-0.4, -0.2) is 11.9 Å². The molecule has 0 aliphatic heterocycles. The van der Waals surface area contributed by atoms with Gasteiger partial charge in [0.1, 0.15) is 23.0 Å². The van der Waals surface area contributed by atoms with Crippen molar-refractivity contribution >= 4 is 28.8 Å². The summed E-state index contributed by atoms with van der Waals surface area (Å²) in [5.74, 6) is 0.159. The highest BCUT2D eigenvalue weighted by atomic mass is 127. The van der Waals surface area contributed by atoms with Crippen LogP contribution in [0.15, 0.2) is 12.2 Å².